The van der Waals surface area contributed by atoms with Crippen LogP contribution >= 0.6 is 0 Å². The van der Waals surface area contributed by atoms with Gasteiger partial charge in [0, 0.05) is 13.1 Å². The molecule has 11 nitrogen and oxygen atoms in total. The zero-order valence-electron chi connectivity index (χ0n) is 27.0. The van der Waals surface area contributed by atoms with E-state index < -0.39 is 34.4 Å². The molecule has 2 heterocycles. The number of rotatable bonds is 15. The lowest BCUT2D eigenvalue weighted by atomic mass is 10.0. The molecule has 5 atom stereocenters. The van der Waals surface area contributed by atoms with E-state index in [1.165, 1.54) is 23.5 Å². The standard InChI is InChI=1S/C35H44N2O9S/c1-24(2)20-37(47(40,41)29-15-13-27(42-3)14-16-29)21-32(38)31(36-35(39)46-33-23-45-34-30(33)17-18-43-34)19-25-9-11-28(12-10-25)44-22-26-7-5-4-6-8-26/h4-16,24,30-34,38H,17-23H2,1-3H3,(H,36,39)/t30-,31-,32+,33?,34+/m0/s1. The van der Waals surface area contributed by atoms with Crippen molar-refractivity contribution in [3.05, 3.63) is 90.0 Å². The minimum atomic E-state index is -3.99. The first-order valence-electron chi connectivity index (χ1n) is 15.9. The Morgan fingerprint density at radius 3 is 2.34 bits per heavy atom. The number of nitrogens with zero attached hydrogens (tertiary/aromatic N) is 1. The number of fused-ring (bicyclic) bond motifs is 1. The van der Waals surface area contributed by atoms with Crippen LogP contribution in [0.5, 0.6) is 11.5 Å². The number of aliphatic hydroxyl groups is 1. The van der Waals surface area contributed by atoms with Gasteiger partial charge in [-0.3, -0.25) is 0 Å². The monoisotopic (exact) mass is 668 g/mol. The van der Waals surface area contributed by atoms with E-state index >= 15 is 0 Å². The SMILES string of the molecule is COc1ccc(S(=O)(=O)N(CC(C)C)C[C@@H](O)[C@H](Cc2ccc(OCc3ccccc3)cc2)NC(=O)OC2CO[C@H]3OCC[C@@H]23)cc1. The number of carbonyl (C=O) groups is 1. The summed E-state index contributed by atoms with van der Waals surface area (Å²) in [4.78, 5) is 13.3. The Hall–Kier alpha value is -3.68. The quantitative estimate of drug-likeness (QED) is 0.242. The molecular weight excluding hydrogens is 624 g/mol. The number of amides is 1. The van der Waals surface area contributed by atoms with Crippen molar-refractivity contribution in [2.45, 2.75) is 62.7 Å². The molecule has 2 N–H and O–H groups in total. The average Bonchev–Trinajstić information content (AvgIpc) is 3.69. The van der Waals surface area contributed by atoms with E-state index in [9.17, 15) is 18.3 Å². The zero-order valence-corrected chi connectivity index (χ0v) is 27.8. The second kappa shape index (κ2) is 15.9. The molecule has 2 fully saturated rings. The van der Waals surface area contributed by atoms with Crippen LogP contribution in [0.2, 0.25) is 0 Å². The maximum atomic E-state index is 13.8. The van der Waals surface area contributed by atoms with Crippen molar-refractivity contribution in [2.24, 2.45) is 11.8 Å². The molecule has 0 spiro atoms. The fraction of sp³-hybridized carbons (Fsp3) is 0.457. The van der Waals surface area contributed by atoms with Gasteiger partial charge < -0.3 is 34.1 Å². The maximum Gasteiger partial charge on any atom is 0.407 e. The van der Waals surface area contributed by atoms with Gasteiger partial charge in [-0.1, -0.05) is 56.3 Å². The van der Waals surface area contributed by atoms with Crippen molar-refractivity contribution in [3.63, 3.8) is 0 Å². The van der Waals surface area contributed by atoms with Crippen molar-refractivity contribution in [2.75, 3.05) is 33.4 Å². The Bertz CT molecular complexity index is 1540. The molecule has 0 bridgehead atoms. The van der Waals surface area contributed by atoms with Crippen LogP contribution in [0.3, 0.4) is 0 Å². The minimum Gasteiger partial charge on any atom is -0.497 e. The number of methoxy groups -OCH3 is 1. The van der Waals surface area contributed by atoms with Crippen LogP contribution in [-0.4, -0.2) is 81.9 Å². The third-order valence-corrected chi connectivity index (χ3v) is 10.1. The molecule has 3 aromatic rings. The summed E-state index contributed by atoms with van der Waals surface area (Å²) in [6.45, 7) is 4.91. The van der Waals surface area contributed by atoms with E-state index in [4.69, 9.17) is 23.7 Å². The average molecular weight is 669 g/mol. The molecule has 1 amide bonds. The molecule has 5 rings (SSSR count). The zero-order chi connectivity index (χ0) is 33.4. The first kappa shape index (κ1) is 34.6. The molecule has 0 saturated carbocycles. The number of benzene rings is 3. The number of aliphatic hydroxyl groups excluding tert-OH is 1. The predicted molar refractivity (Wildman–Crippen MR) is 175 cm³/mol. The summed E-state index contributed by atoms with van der Waals surface area (Å²) in [6.07, 6.45) is -1.92. The summed E-state index contributed by atoms with van der Waals surface area (Å²) >= 11 is 0. The van der Waals surface area contributed by atoms with Crippen LogP contribution in [-0.2, 0) is 37.3 Å². The van der Waals surface area contributed by atoms with Crippen LogP contribution in [0, 0.1) is 11.8 Å². The highest BCUT2D eigenvalue weighted by atomic mass is 32.2. The summed E-state index contributed by atoms with van der Waals surface area (Å²) in [6, 6.07) is 22.4. The molecule has 0 aromatic heterocycles. The molecular formula is C35H44N2O9S. The molecule has 2 aliphatic heterocycles. The fourth-order valence-electron chi connectivity index (χ4n) is 5.78. The van der Waals surface area contributed by atoms with Crippen molar-refractivity contribution >= 4 is 16.1 Å². The number of hydrogen-bond acceptors (Lipinski definition) is 9. The van der Waals surface area contributed by atoms with Gasteiger partial charge in [0.1, 0.15) is 24.2 Å². The topological polar surface area (TPSA) is 133 Å². The lowest BCUT2D eigenvalue weighted by Crippen LogP contribution is -2.51. The Balaban J connectivity index is 1.31. The smallest absolute Gasteiger partial charge is 0.407 e. The van der Waals surface area contributed by atoms with Gasteiger partial charge in [-0.05, 0) is 66.3 Å². The first-order chi connectivity index (χ1) is 22.6. The predicted octanol–water partition coefficient (Wildman–Crippen LogP) is 4.38. The number of hydrogen-bond donors (Lipinski definition) is 2. The Labute approximate surface area is 276 Å². The number of carbonyl (C=O) groups excluding carboxylic acids is 1. The maximum absolute atomic E-state index is 13.8. The highest BCUT2D eigenvalue weighted by Crippen LogP contribution is 2.33. The largest absolute Gasteiger partial charge is 0.497 e. The number of ether oxygens (including phenoxy) is 5. The number of alkyl carbamates (subject to hydrolysis) is 1. The summed E-state index contributed by atoms with van der Waals surface area (Å²) in [5.74, 6) is 1.12. The molecule has 47 heavy (non-hydrogen) atoms. The summed E-state index contributed by atoms with van der Waals surface area (Å²) in [5.41, 5.74) is 1.85. The third-order valence-electron chi connectivity index (χ3n) is 8.30. The van der Waals surface area contributed by atoms with E-state index in [0.29, 0.717) is 24.7 Å². The Kier molecular flexibility index (Phi) is 11.8. The van der Waals surface area contributed by atoms with Gasteiger partial charge in [0.05, 0.1) is 43.3 Å². The van der Waals surface area contributed by atoms with Crippen LogP contribution in [0.15, 0.2) is 83.8 Å². The molecule has 2 saturated heterocycles. The van der Waals surface area contributed by atoms with Crippen LogP contribution in [0.1, 0.15) is 31.4 Å². The second-order valence-electron chi connectivity index (χ2n) is 12.3. The second-order valence-corrected chi connectivity index (χ2v) is 14.2. The Morgan fingerprint density at radius 2 is 1.66 bits per heavy atom. The van der Waals surface area contributed by atoms with Gasteiger partial charge in [0.25, 0.3) is 0 Å². The van der Waals surface area contributed by atoms with E-state index in [1.54, 1.807) is 12.1 Å². The van der Waals surface area contributed by atoms with Crippen molar-refractivity contribution in [1.29, 1.82) is 0 Å². The summed E-state index contributed by atoms with van der Waals surface area (Å²) in [5, 5.41) is 14.4. The van der Waals surface area contributed by atoms with Crippen LogP contribution in [0.25, 0.3) is 0 Å². The highest BCUT2D eigenvalue weighted by Gasteiger charge is 2.44. The third kappa shape index (κ3) is 9.23. The van der Waals surface area contributed by atoms with Gasteiger partial charge in [-0.2, -0.15) is 4.31 Å². The van der Waals surface area contributed by atoms with Crippen molar-refractivity contribution in [1.82, 2.24) is 9.62 Å². The van der Waals surface area contributed by atoms with E-state index in [0.717, 1.165) is 17.5 Å². The van der Waals surface area contributed by atoms with Crippen LogP contribution < -0.4 is 14.8 Å². The highest BCUT2D eigenvalue weighted by molar-refractivity contribution is 7.89. The number of sulfonamides is 1. The van der Waals surface area contributed by atoms with Gasteiger partial charge >= 0.3 is 6.09 Å². The lowest BCUT2D eigenvalue weighted by Gasteiger charge is -2.31. The van der Waals surface area contributed by atoms with Gasteiger partial charge in [-0.15, -0.1) is 0 Å². The lowest BCUT2D eigenvalue weighted by molar-refractivity contribution is -0.0907. The van der Waals surface area contributed by atoms with Gasteiger partial charge in [0.15, 0.2) is 6.29 Å². The summed E-state index contributed by atoms with van der Waals surface area (Å²) in [7, 11) is -2.48. The first-order valence-corrected chi connectivity index (χ1v) is 17.3. The normalized spacial score (nSPS) is 20.5. The molecule has 1 unspecified atom stereocenters. The van der Waals surface area contributed by atoms with Crippen LogP contribution in [0.4, 0.5) is 4.79 Å². The molecule has 2 aliphatic rings. The Morgan fingerprint density at radius 1 is 0.957 bits per heavy atom. The molecule has 254 valence electrons. The fourth-order valence-corrected chi connectivity index (χ4v) is 7.40. The summed E-state index contributed by atoms with van der Waals surface area (Å²) < 4.78 is 56.8. The molecule has 12 heteroatoms. The molecule has 0 radical (unpaired) electrons. The van der Waals surface area contributed by atoms with Gasteiger partial charge in [-0.25, -0.2) is 13.2 Å². The molecule has 0 aliphatic carbocycles. The van der Waals surface area contributed by atoms with Crippen molar-refractivity contribution in [3.8, 4) is 11.5 Å². The molecule has 3 aromatic carbocycles. The van der Waals surface area contributed by atoms with E-state index in [1.807, 2.05) is 68.4 Å². The van der Waals surface area contributed by atoms with E-state index in [-0.39, 0.29) is 49.1 Å². The number of nitrogens with one attached hydrogen (secondary N) is 1. The van der Waals surface area contributed by atoms with E-state index in [2.05, 4.69) is 5.32 Å². The minimum absolute atomic E-state index is 0.0287. The van der Waals surface area contributed by atoms with Gasteiger partial charge in [0.2, 0.25) is 10.0 Å². The van der Waals surface area contributed by atoms with Crippen molar-refractivity contribution < 1.29 is 42.0 Å².